The fourth-order valence-corrected chi connectivity index (χ4v) is 4.04. The lowest BCUT2D eigenvalue weighted by atomic mass is 9.85. The van der Waals surface area contributed by atoms with Crippen molar-refractivity contribution in [3.63, 3.8) is 0 Å². The highest BCUT2D eigenvalue weighted by atomic mass is 16.7. The summed E-state index contributed by atoms with van der Waals surface area (Å²) >= 11 is 0. The first-order chi connectivity index (χ1) is 12.2. The molecule has 0 spiro atoms. The summed E-state index contributed by atoms with van der Waals surface area (Å²) in [6.07, 6.45) is -0.189. The van der Waals surface area contributed by atoms with Gasteiger partial charge in [0.2, 0.25) is 6.79 Å². The second-order valence-electron chi connectivity index (χ2n) is 6.70. The highest BCUT2D eigenvalue weighted by molar-refractivity contribution is 5.46. The second kappa shape index (κ2) is 5.54. The first-order valence-electron chi connectivity index (χ1n) is 8.35. The Kier molecular flexibility index (Phi) is 3.29. The summed E-state index contributed by atoms with van der Waals surface area (Å²) in [5.41, 5.74) is 1.92. The Morgan fingerprint density at radius 1 is 0.720 bits per heavy atom. The van der Waals surface area contributed by atoms with Gasteiger partial charge in [-0.2, -0.15) is 0 Å². The van der Waals surface area contributed by atoms with Crippen LogP contribution < -0.4 is 9.47 Å². The molecule has 0 bridgehead atoms. The fourth-order valence-electron chi connectivity index (χ4n) is 4.04. The van der Waals surface area contributed by atoms with Gasteiger partial charge in [0.05, 0.1) is 25.4 Å². The number of rotatable bonds is 2. The summed E-state index contributed by atoms with van der Waals surface area (Å²) in [4.78, 5) is 0. The van der Waals surface area contributed by atoms with Crippen LogP contribution in [0.15, 0.2) is 36.4 Å². The van der Waals surface area contributed by atoms with Crippen LogP contribution in [-0.4, -0.2) is 30.2 Å². The number of benzene rings is 2. The lowest BCUT2D eigenvalue weighted by molar-refractivity contribution is 0.0191. The molecule has 3 heterocycles. The van der Waals surface area contributed by atoms with Crippen LogP contribution in [0.25, 0.3) is 0 Å². The number of hydrogen-bond donors (Lipinski definition) is 2. The van der Waals surface area contributed by atoms with Gasteiger partial charge in [-0.05, 0) is 35.4 Å². The standard InChI is InChI=1S/C19H18O6/c20-14-3-1-10(5-15(14)21)18-12-7-23-19(13(12)8-22-18)11-2-4-16-17(6-11)25-9-24-16/h1-6,12-13,18-21H,7-9H2/t12?,13?,18-,19?/m1/s1. The van der Waals surface area contributed by atoms with Crippen molar-refractivity contribution in [3.8, 4) is 23.0 Å². The van der Waals surface area contributed by atoms with Crippen LogP contribution in [0, 0.1) is 11.8 Å². The van der Waals surface area contributed by atoms with Crippen LogP contribution in [-0.2, 0) is 9.47 Å². The Morgan fingerprint density at radius 2 is 1.36 bits per heavy atom. The van der Waals surface area contributed by atoms with Gasteiger partial charge in [0.1, 0.15) is 0 Å². The summed E-state index contributed by atoms with van der Waals surface area (Å²) in [5.74, 6) is 1.71. The molecule has 0 amide bonds. The van der Waals surface area contributed by atoms with Crippen molar-refractivity contribution in [1.82, 2.24) is 0 Å². The van der Waals surface area contributed by atoms with Crippen molar-refractivity contribution in [2.45, 2.75) is 12.2 Å². The molecule has 3 aliphatic heterocycles. The third kappa shape index (κ3) is 2.33. The van der Waals surface area contributed by atoms with E-state index in [1.807, 2.05) is 18.2 Å². The van der Waals surface area contributed by atoms with Gasteiger partial charge in [-0.25, -0.2) is 0 Å². The zero-order chi connectivity index (χ0) is 17.0. The van der Waals surface area contributed by atoms with Gasteiger partial charge in [-0.1, -0.05) is 12.1 Å². The minimum Gasteiger partial charge on any atom is -0.504 e. The molecule has 3 aliphatic rings. The van der Waals surface area contributed by atoms with E-state index in [-0.39, 0.29) is 42.3 Å². The van der Waals surface area contributed by atoms with Crippen LogP contribution in [0.4, 0.5) is 0 Å². The van der Waals surface area contributed by atoms with Crippen molar-refractivity contribution in [2.75, 3.05) is 20.0 Å². The van der Waals surface area contributed by atoms with Crippen molar-refractivity contribution in [3.05, 3.63) is 47.5 Å². The maximum Gasteiger partial charge on any atom is 0.231 e. The lowest BCUT2D eigenvalue weighted by Crippen LogP contribution is -2.14. The smallest absolute Gasteiger partial charge is 0.231 e. The summed E-state index contributed by atoms with van der Waals surface area (Å²) < 4.78 is 22.9. The van der Waals surface area contributed by atoms with Crippen molar-refractivity contribution in [2.24, 2.45) is 11.8 Å². The first kappa shape index (κ1) is 14.9. The van der Waals surface area contributed by atoms with E-state index >= 15 is 0 Å². The molecule has 2 fully saturated rings. The molecule has 25 heavy (non-hydrogen) atoms. The molecule has 4 atom stereocenters. The van der Waals surface area contributed by atoms with E-state index in [1.165, 1.54) is 6.07 Å². The molecule has 3 unspecified atom stereocenters. The number of aromatic hydroxyl groups is 2. The Hall–Kier alpha value is -2.44. The third-order valence-electron chi connectivity index (χ3n) is 5.32. The zero-order valence-electron chi connectivity index (χ0n) is 13.4. The molecule has 2 aromatic rings. The fraction of sp³-hybridized carbons (Fsp3) is 0.368. The van der Waals surface area contributed by atoms with E-state index in [2.05, 4.69) is 0 Å². The highest BCUT2D eigenvalue weighted by Gasteiger charge is 2.48. The molecular formula is C19H18O6. The molecule has 0 aromatic heterocycles. The molecule has 0 aliphatic carbocycles. The monoisotopic (exact) mass is 342 g/mol. The van der Waals surface area contributed by atoms with Gasteiger partial charge in [0.15, 0.2) is 23.0 Å². The van der Waals surface area contributed by atoms with E-state index in [1.54, 1.807) is 12.1 Å². The van der Waals surface area contributed by atoms with E-state index in [9.17, 15) is 10.2 Å². The Bertz CT molecular complexity index is 820. The summed E-state index contributed by atoms with van der Waals surface area (Å²) in [6.45, 7) is 1.44. The molecule has 2 N–H and O–H groups in total. The first-order valence-corrected chi connectivity index (χ1v) is 8.35. The number of phenolic OH excluding ortho intramolecular Hbond substituents is 2. The number of ether oxygens (including phenoxy) is 4. The maximum atomic E-state index is 9.76. The minimum atomic E-state index is -0.143. The molecule has 0 saturated carbocycles. The molecule has 130 valence electrons. The Labute approximate surface area is 144 Å². The molecule has 2 aromatic carbocycles. The Balaban J connectivity index is 1.40. The van der Waals surface area contributed by atoms with Gasteiger partial charge >= 0.3 is 0 Å². The average molecular weight is 342 g/mol. The number of hydrogen-bond acceptors (Lipinski definition) is 6. The second-order valence-corrected chi connectivity index (χ2v) is 6.70. The van der Waals surface area contributed by atoms with E-state index in [4.69, 9.17) is 18.9 Å². The number of fused-ring (bicyclic) bond motifs is 2. The molecule has 5 rings (SSSR count). The van der Waals surface area contributed by atoms with Crippen molar-refractivity contribution in [1.29, 1.82) is 0 Å². The van der Waals surface area contributed by atoms with Gasteiger partial charge in [0, 0.05) is 11.8 Å². The predicted octanol–water partition coefficient (Wildman–Crippen LogP) is 2.90. The van der Waals surface area contributed by atoms with Gasteiger partial charge < -0.3 is 29.2 Å². The summed E-state index contributed by atoms with van der Waals surface area (Å²) in [5, 5.41) is 19.3. The Morgan fingerprint density at radius 3 is 2.08 bits per heavy atom. The van der Waals surface area contributed by atoms with E-state index < -0.39 is 0 Å². The number of phenols is 2. The molecular weight excluding hydrogens is 324 g/mol. The van der Waals surface area contributed by atoms with Crippen LogP contribution in [0.5, 0.6) is 23.0 Å². The van der Waals surface area contributed by atoms with Crippen LogP contribution in [0.1, 0.15) is 23.3 Å². The average Bonchev–Trinajstić information content (AvgIpc) is 3.31. The lowest BCUT2D eigenvalue weighted by Gasteiger charge is -2.17. The predicted molar refractivity (Wildman–Crippen MR) is 86.7 cm³/mol. The van der Waals surface area contributed by atoms with Crippen LogP contribution in [0.2, 0.25) is 0 Å². The SMILES string of the molecule is Oc1ccc([C@H]2OCC3C(c4ccc5c(c4)OCO5)OCC32)cc1O. The molecule has 0 radical (unpaired) electrons. The van der Waals surface area contributed by atoms with Crippen LogP contribution in [0.3, 0.4) is 0 Å². The van der Waals surface area contributed by atoms with Gasteiger partial charge in [-0.3, -0.25) is 0 Å². The van der Waals surface area contributed by atoms with Gasteiger partial charge in [0.25, 0.3) is 0 Å². The molecule has 6 heteroatoms. The third-order valence-corrected chi connectivity index (χ3v) is 5.32. The van der Waals surface area contributed by atoms with Gasteiger partial charge in [-0.15, -0.1) is 0 Å². The zero-order valence-corrected chi connectivity index (χ0v) is 13.4. The maximum absolute atomic E-state index is 9.76. The normalized spacial score (nSPS) is 29.8. The quantitative estimate of drug-likeness (QED) is 0.817. The topological polar surface area (TPSA) is 77.4 Å². The van der Waals surface area contributed by atoms with Crippen molar-refractivity contribution < 1.29 is 29.2 Å². The molecule has 2 saturated heterocycles. The van der Waals surface area contributed by atoms with E-state index in [0.29, 0.717) is 13.2 Å². The highest BCUT2D eigenvalue weighted by Crippen LogP contribution is 2.51. The largest absolute Gasteiger partial charge is 0.504 e. The molecule has 6 nitrogen and oxygen atoms in total. The summed E-state index contributed by atoms with van der Waals surface area (Å²) in [7, 11) is 0. The summed E-state index contributed by atoms with van der Waals surface area (Å²) in [6, 6.07) is 10.8. The minimum absolute atomic E-state index is 0.0461. The van der Waals surface area contributed by atoms with Crippen molar-refractivity contribution >= 4 is 0 Å². The van der Waals surface area contributed by atoms with E-state index in [0.717, 1.165) is 22.6 Å². The van der Waals surface area contributed by atoms with Crippen LogP contribution >= 0.6 is 0 Å².